The van der Waals surface area contributed by atoms with E-state index >= 15 is 0 Å². The molecule has 0 unspecified atom stereocenters. The van der Waals surface area contributed by atoms with Crippen molar-refractivity contribution < 1.29 is 25.2 Å². The van der Waals surface area contributed by atoms with Crippen molar-refractivity contribution in [3.05, 3.63) is 0 Å². The average molecular weight is 167 g/mol. The Morgan fingerprint density at radius 1 is 1.27 bits per heavy atom. The summed E-state index contributed by atoms with van der Waals surface area (Å²) in [6.07, 6.45) is -4.63. The van der Waals surface area contributed by atoms with Gasteiger partial charge in [-0.1, -0.05) is 0 Å². The van der Waals surface area contributed by atoms with Crippen LogP contribution in [0.5, 0.6) is 0 Å². The smallest absolute Gasteiger partial charge is 0.151 e. The predicted octanol–water partition coefficient (Wildman–Crippen LogP) is -2.58. The maximum absolute atomic E-state index is 9.76. The van der Waals surface area contributed by atoms with Gasteiger partial charge in [-0.2, -0.15) is 0 Å². The Balaban J connectivity index is 0. The molecule has 0 aromatic carbocycles. The fourth-order valence-corrected chi connectivity index (χ4v) is 0.416. The van der Waals surface area contributed by atoms with Gasteiger partial charge in [0.1, 0.15) is 18.3 Å². The van der Waals surface area contributed by atoms with Gasteiger partial charge in [-0.25, -0.2) is 0 Å². The van der Waals surface area contributed by atoms with E-state index in [1.54, 1.807) is 0 Å². The lowest BCUT2D eigenvalue weighted by Crippen LogP contribution is -2.40. The number of aliphatic hydroxyl groups excluding tert-OH is 4. The molecule has 0 saturated heterocycles. The summed E-state index contributed by atoms with van der Waals surface area (Å²) in [4.78, 5) is 9.76. The first-order valence-corrected chi connectivity index (χ1v) is 2.73. The molecule has 0 aliphatic rings. The summed E-state index contributed by atoms with van der Waals surface area (Å²) in [5, 5.41) is 34.1. The number of carbonyl (C=O) groups excluding carboxylic acids is 1. The Bertz CT molecular complexity index is 109. The minimum atomic E-state index is -1.64. The highest BCUT2D eigenvalue weighted by molar-refractivity contribution is 5.56. The summed E-state index contributed by atoms with van der Waals surface area (Å²) in [7, 11) is 0. The van der Waals surface area contributed by atoms with Crippen molar-refractivity contribution in [2.75, 3.05) is 6.61 Å². The van der Waals surface area contributed by atoms with Crippen molar-refractivity contribution in [1.82, 2.24) is 6.15 Å². The summed E-state index contributed by atoms with van der Waals surface area (Å²) < 4.78 is 0. The molecule has 0 bridgehead atoms. The van der Waals surface area contributed by atoms with Gasteiger partial charge < -0.3 is 31.4 Å². The molecule has 0 aliphatic heterocycles. The van der Waals surface area contributed by atoms with Gasteiger partial charge in [0.05, 0.1) is 6.61 Å². The van der Waals surface area contributed by atoms with Crippen LogP contribution in [0.2, 0.25) is 0 Å². The summed E-state index contributed by atoms with van der Waals surface area (Å²) in [6, 6.07) is 0. The van der Waals surface area contributed by atoms with Gasteiger partial charge in [-0.05, 0) is 0 Å². The number of aldehydes is 1. The van der Waals surface area contributed by atoms with E-state index in [2.05, 4.69) is 0 Å². The van der Waals surface area contributed by atoms with E-state index < -0.39 is 24.9 Å². The molecule has 11 heavy (non-hydrogen) atoms. The normalized spacial score (nSPS) is 17.8. The maximum atomic E-state index is 9.76. The third kappa shape index (κ3) is 4.02. The fraction of sp³-hybridized carbons (Fsp3) is 0.800. The molecule has 7 N–H and O–H groups in total. The highest BCUT2D eigenvalue weighted by Gasteiger charge is 2.22. The second-order valence-corrected chi connectivity index (χ2v) is 1.87. The van der Waals surface area contributed by atoms with E-state index in [0.29, 0.717) is 0 Å². The van der Waals surface area contributed by atoms with Crippen LogP contribution >= 0.6 is 0 Å². The molecular formula is C5H13NO5. The maximum Gasteiger partial charge on any atom is 0.151 e. The largest absolute Gasteiger partial charge is 0.394 e. The van der Waals surface area contributed by atoms with Crippen LogP contribution in [0.25, 0.3) is 0 Å². The van der Waals surface area contributed by atoms with Crippen LogP contribution in [-0.4, -0.2) is 51.6 Å². The number of carbonyl (C=O) groups is 1. The molecule has 3 atom stereocenters. The van der Waals surface area contributed by atoms with Crippen molar-refractivity contribution in [1.29, 1.82) is 0 Å². The Labute approximate surface area is 63.7 Å². The average Bonchev–Trinajstić information content (AvgIpc) is 2.00. The number of hydrogen-bond donors (Lipinski definition) is 5. The third-order valence-electron chi connectivity index (χ3n) is 1.07. The van der Waals surface area contributed by atoms with Crippen LogP contribution in [0.4, 0.5) is 0 Å². The zero-order chi connectivity index (χ0) is 8.15. The summed E-state index contributed by atoms with van der Waals surface area (Å²) >= 11 is 0. The topological polar surface area (TPSA) is 133 Å². The molecule has 0 saturated carbocycles. The molecule has 0 rings (SSSR count). The standard InChI is InChI=1S/C5H10O5.H3N/c6-1-3(8)5(10)4(9)2-7;/h1,3-5,7-10H,2H2;1H3/t3-,4-,5+;/m1./s1. The molecule has 68 valence electrons. The minimum Gasteiger partial charge on any atom is -0.394 e. The van der Waals surface area contributed by atoms with Crippen molar-refractivity contribution in [3.8, 4) is 0 Å². The molecule has 0 amide bonds. The van der Waals surface area contributed by atoms with Gasteiger partial charge in [-0.3, -0.25) is 0 Å². The van der Waals surface area contributed by atoms with E-state index in [9.17, 15) is 4.79 Å². The molecule has 0 radical (unpaired) electrons. The minimum absolute atomic E-state index is 0. The first kappa shape index (κ1) is 13.1. The summed E-state index contributed by atoms with van der Waals surface area (Å²) in [5.41, 5.74) is 0. The molecule has 0 spiro atoms. The second kappa shape index (κ2) is 6.20. The highest BCUT2D eigenvalue weighted by Crippen LogP contribution is 1.96. The van der Waals surface area contributed by atoms with Crippen LogP contribution in [0.1, 0.15) is 0 Å². The number of rotatable bonds is 4. The number of aliphatic hydroxyl groups is 4. The van der Waals surface area contributed by atoms with Crippen molar-refractivity contribution >= 4 is 6.29 Å². The Hall–Kier alpha value is -0.530. The van der Waals surface area contributed by atoms with E-state index in [-0.39, 0.29) is 12.4 Å². The molecule has 0 aliphatic carbocycles. The van der Waals surface area contributed by atoms with Crippen molar-refractivity contribution in [2.45, 2.75) is 18.3 Å². The highest BCUT2D eigenvalue weighted by atomic mass is 16.4. The SMILES string of the molecule is N.O=C[C@@H](O)[C@H](O)[C@H](O)CO. The third-order valence-corrected chi connectivity index (χ3v) is 1.07. The summed E-state index contributed by atoms with van der Waals surface area (Å²) in [6.45, 7) is -0.688. The lowest BCUT2D eigenvalue weighted by molar-refractivity contribution is -0.127. The fourth-order valence-electron chi connectivity index (χ4n) is 0.416. The van der Waals surface area contributed by atoms with Gasteiger partial charge in [-0.15, -0.1) is 0 Å². The van der Waals surface area contributed by atoms with Crippen molar-refractivity contribution in [2.24, 2.45) is 0 Å². The van der Waals surface area contributed by atoms with Crippen LogP contribution < -0.4 is 6.15 Å². The van der Waals surface area contributed by atoms with Gasteiger partial charge in [0.15, 0.2) is 6.29 Å². The molecule has 0 aromatic heterocycles. The lowest BCUT2D eigenvalue weighted by atomic mass is 10.1. The molecule has 0 fully saturated rings. The summed E-state index contributed by atoms with van der Waals surface area (Å²) in [5.74, 6) is 0. The van der Waals surface area contributed by atoms with Crippen LogP contribution in [0.15, 0.2) is 0 Å². The first-order valence-electron chi connectivity index (χ1n) is 2.73. The molecule has 0 aromatic rings. The quantitative estimate of drug-likeness (QED) is 0.292. The Kier molecular flexibility index (Phi) is 7.37. The molecule has 0 heterocycles. The van der Waals surface area contributed by atoms with E-state index in [1.165, 1.54) is 0 Å². The Morgan fingerprint density at radius 2 is 1.73 bits per heavy atom. The zero-order valence-corrected chi connectivity index (χ0v) is 5.92. The second-order valence-electron chi connectivity index (χ2n) is 1.87. The Morgan fingerprint density at radius 3 is 2.00 bits per heavy atom. The predicted molar refractivity (Wildman–Crippen MR) is 36.2 cm³/mol. The van der Waals surface area contributed by atoms with E-state index in [1.807, 2.05) is 0 Å². The van der Waals surface area contributed by atoms with E-state index in [0.717, 1.165) is 0 Å². The van der Waals surface area contributed by atoms with E-state index in [4.69, 9.17) is 20.4 Å². The van der Waals surface area contributed by atoms with Gasteiger partial charge in [0.25, 0.3) is 0 Å². The van der Waals surface area contributed by atoms with Crippen LogP contribution in [0.3, 0.4) is 0 Å². The van der Waals surface area contributed by atoms with Crippen LogP contribution in [-0.2, 0) is 4.79 Å². The molecular weight excluding hydrogens is 154 g/mol. The monoisotopic (exact) mass is 167 g/mol. The van der Waals surface area contributed by atoms with Crippen LogP contribution in [0, 0.1) is 0 Å². The zero-order valence-electron chi connectivity index (χ0n) is 5.92. The van der Waals surface area contributed by atoms with Gasteiger partial charge in [0, 0.05) is 0 Å². The van der Waals surface area contributed by atoms with Crippen molar-refractivity contribution in [3.63, 3.8) is 0 Å². The first-order chi connectivity index (χ1) is 4.63. The van der Waals surface area contributed by atoms with Gasteiger partial charge in [0.2, 0.25) is 0 Å². The van der Waals surface area contributed by atoms with Gasteiger partial charge >= 0.3 is 0 Å². The molecule has 6 nitrogen and oxygen atoms in total. The lowest BCUT2D eigenvalue weighted by Gasteiger charge is -2.16. The number of hydrogen-bond acceptors (Lipinski definition) is 6. The molecule has 6 heteroatoms.